The largest absolute Gasteiger partial charge is 0.367 e. The molecule has 5 nitrogen and oxygen atoms in total. The molecule has 0 amide bonds. The highest BCUT2D eigenvalue weighted by Gasteiger charge is 2.28. The van der Waals surface area contributed by atoms with Gasteiger partial charge in [-0.1, -0.05) is 61.9 Å². The molecule has 4 rings (SSSR count). The lowest BCUT2D eigenvalue weighted by Crippen LogP contribution is -2.49. The van der Waals surface area contributed by atoms with E-state index in [4.69, 9.17) is 4.74 Å². The maximum atomic E-state index is 13.9. The summed E-state index contributed by atoms with van der Waals surface area (Å²) in [7, 11) is -3.52. The van der Waals surface area contributed by atoms with Crippen molar-refractivity contribution in [1.82, 2.24) is 9.21 Å². The van der Waals surface area contributed by atoms with E-state index >= 15 is 0 Å². The molecule has 0 aliphatic carbocycles. The fraction of sp³-hybridized carbons (Fsp3) is 0.357. The molecule has 3 aromatic rings. The van der Waals surface area contributed by atoms with Gasteiger partial charge in [0.05, 0.1) is 11.5 Å². The van der Waals surface area contributed by atoms with E-state index < -0.39 is 27.8 Å². The molecule has 192 valence electrons. The lowest BCUT2D eigenvalue weighted by atomic mass is 10.0. The Hall–Kier alpha value is -2.65. The second-order valence-corrected chi connectivity index (χ2v) is 10.9. The van der Waals surface area contributed by atoms with Crippen LogP contribution >= 0.6 is 0 Å². The molecule has 0 unspecified atom stereocenters. The summed E-state index contributed by atoms with van der Waals surface area (Å²) in [6.45, 7) is 5.07. The third-order valence-corrected chi connectivity index (χ3v) is 8.38. The van der Waals surface area contributed by atoms with Gasteiger partial charge in [0, 0.05) is 32.7 Å². The maximum Gasteiger partial charge on any atom is 0.243 e. The third kappa shape index (κ3) is 6.37. The number of sulfonamides is 1. The van der Waals surface area contributed by atoms with Gasteiger partial charge >= 0.3 is 0 Å². The van der Waals surface area contributed by atoms with Gasteiger partial charge < -0.3 is 4.74 Å². The minimum Gasteiger partial charge on any atom is -0.367 e. The number of hydrogen-bond donors (Lipinski definition) is 0. The van der Waals surface area contributed by atoms with E-state index in [1.165, 1.54) is 16.4 Å². The van der Waals surface area contributed by atoms with Crippen LogP contribution in [0.4, 0.5) is 8.78 Å². The Morgan fingerprint density at radius 1 is 0.861 bits per heavy atom. The summed E-state index contributed by atoms with van der Waals surface area (Å²) in [6, 6.07) is 20.4. The number of aryl methyl sites for hydroxylation is 1. The summed E-state index contributed by atoms with van der Waals surface area (Å²) in [4.78, 5) is 2.49. The first-order chi connectivity index (χ1) is 17.4. The van der Waals surface area contributed by atoms with Crippen molar-refractivity contribution in [2.24, 2.45) is 0 Å². The molecule has 0 spiro atoms. The van der Waals surface area contributed by atoms with Crippen LogP contribution in [-0.2, 0) is 21.2 Å². The van der Waals surface area contributed by atoms with Crippen molar-refractivity contribution >= 4 is 10.0 Å². The second-order valence-electron chi connectivity index (χ2n) is 8.97. The van der Waals surface area contributed by atoms with E-state index in [-0.39, 0.29) is 0 Å². The average molecular weight is 515 g/mol. The molecule has 1 aliphatic rings. The highest BCUT2D eigenvalue weighted by Crippen LogP contribution is 2.27. The fourth-order valence-corrected chi connectivity index (χ4v) is 5.87. The minimum absolute atomic E-state index is 0.330. The molecule has 8 heteroatoms. The van der Waals surface area contributed by atoms with E-state index in [0.717, 1.165) is 30.0 Å². The summed E-state index contributed by atoms with van der Waals surface area (Å²) in [5, 5.41) is 0. The van der Waals surface area contributed by atoms with Crippen LogP contribution in [-0.4, -0.2) is 57.0 Å². The highest BCUT2D eigenvalue weighted by molar-refractivity contribution is 7.89. The predicted octanol–water partition coefficient (Wildman–Crippen LogP) is 5.03. The Balaban J connectivity index is 1.33. The van der Waals surface area contributed by atoms with Gasteiger partial charge in [-0.3, -0.25) is 4.90 Å². The standard InChI is InChI=1S/C28H32F2N2O3S/c1-2-6-22-9-12-25(13-10-22)36(33,34)32-17-15-31(16-18-32)19-20-35-28(23-7-4-3-5-8-23)24-11-14-26(29)27(30)21-24/h3-5,7-14,21,28H,2,6,15-20H2,1H3/t28-/m0/s1. The number of nitrogens with zero attached hydrogens (tertiary/aromatic N) is 2. The van der Waals surface area contributed by atoms with Crippen molar-refractivity contribution in [1.29, 1.82) is 0 Å². The van der Waals surface area contributed by atoms with Crippen molar-refractivity contribution in [3.8, 4) is 0 Å². The second kappa shape index (κ2) is 12.1. The quantitative estimate of drug-likeness (QED) is 0.381. The zero-order valence-corrected chi connectivity index (χ0v) is 21.3. The van der Waals surface area contributed by atoms with Crippen molar-refractivity contribution in [3.05, 3.63) is 101 Å². The van der Waals surface area contributed by atoms with Gasteiger partial charge in [0.1, 0.15) is 6.10 Å². The van der Waals surface area contributed by atoms with Crippen LogP contribution < -0.4 is 0 Å². The van der Waals surface area contributed by atoms with Gasteiger partial charge in [-0.05, 0) is 47.4 Å². The van der Waals surface area contributed by atoms with Crippen molar-refractivity contribution in [2.45, 2.75) is 30.8 Å². The molecule has 1 aliphatic heterocycles. The predicted molar refractivity (Wildman–Crippen MR) is 136 cm³/mol. The Kier molecular flexibility index (Phi) is 8.85. The molecule has 0 aromatic heterocycles. The summed E-state index contributed by atoms with van der Waals surface area (Å²) in [6.07, 6.45) is 1.42. The molecule has 1 fully saturated rings. The number of piperazine rings is 1. The summed E-state index contributed by atoms with van der Waals surface area (Å²) >= 11 is 0. The zero-order chi connectivity index (χ0) is 25.5. The number of hydrogen-bond acceptors (Lipinski definition) is 4. The van der Waals surface area contributed by atoms with E-state index in [1.807, 2.05) is 42.5 Å². The smallest absolute Gasteiger partial charge is 0.243 e. The molecular formula is C28H32F2N2O3S. The van der Waals surface area contributed by atoms with Gasteiger partial charge in [-0.2, -0.15) is 4.31 Å². The fourth-order valence-electron chi connectivity index (χ4n) is 4.45. The Morgan fingerprint density at radius 2 is 1.56 bits per heavy atom. The maximum absolute atomic E-state index is 13.9. The summed E-state index contributed by atoms with van der Waals surface area (Å²) in [5.41, 5.74) is 2.53. The lowest BCUT2D eigenvalue weighted by molar-refractivity contribution is 0.0525. The van der Waals surface area contributed by atoms with Crippen molar-refractivity contribution < 1.29 is 21.9 Å². The molecule has 1 atom stereocenters. The van der Waals surface area contributed by atoms with Crippen LogP contribution in [0.2, 0.25) is 0 Å². The first kappa shape index (κ1) is 26.4. The van der Waals surface area contributed by atoms with Crippen LogP contribution in [0.25, 0.3) is 0 Å². The summed E-state index contributed by atoms with van der Waals surface area (Å²) in [5.74, 6) is -1.80. The molecule has 36 heavy (non-hydrogen) atoms. The topological polar surface area (TPSA) is 49.9 Å². The number of benzene rings is 3. The normalized spacial score (nSPS) is 16.2. The number of halogens is 2. The molecule has 0 bridgehead atoms. The van der Waals surface area contributed by atoms with Crippen molar-refractivity contribution in [3.63, 3.8) is 0 Å². The van der Waals surface area contributed by atoms with Gasteiger partial charge in [0.15, 0.2) is 11.6 Å². The van der Waals surface area contributed by atoms with E-state index in [1.54, 1.807) is 12.1 Å². The Bertz CT molecular complexity index is 1230. The molecule has 0 radical (unpaired) electrons. The van der Waals surface area contributed by atoms with E-state index in [9.17, 15) is 17.2 Å². The Labute approximate surface area is 212 Å². The first-order valence-corrected chi connectivity index (χ1v) is 13.8. The van der Waals surface area contributed by atoms with E-state index in [2.05, 4.69) is 11.8 Å². The SMILES string of the molecule is CCCc1ccc(S(=O)(=O)N2CCN(CCO[C@@H](c3ccccc3)c3ccc(F)c(F)c3)CC2)cc1. The van der Waals surface area contributed by atoms with Crippen LogP contribution in [0, 0.1) is 11.6 Å². The summed E-state index contributed by atoms with van der Waals surface area (Å²) < 4.78 is 61.1. The van der Waals surface area contributed by atoms with Crippen LogP contribution in [0.5, 0.6) is 0 Å². The third-order valence-electron chi connectivity index (χ3n) is 6.47. The van der Waals surface area contributed by atoms with Crippen molar-refractivity contribution in [2.75, 3.05) is 39.3 Å². The van der Waals surface area contributed by atoms with Gasteiger partial charge in [0.2, 0.25) is 10.0 Å². The number of rotatable bonds is 10. The zero-order valence-electron chi connectivity index (χ0n) is 20.4. The monoisotopic (exact) mass is 514 g/mol. The molecule has 1 heterocycles. The molecule has 0 N–H and O–H groups in total. The average Bonchev–Trinajstić information content (AvgIpc) is 2.90. The minimum atomic E-state index is -3.52. The lowest BCUT2D eigenvalue weighted by Gasteiger charge is -2.34. The van der Waals surface area contributed by atoms with Crippen LogP contribution in [0.15, 0.2) is 77.7 Å². The van der Waals surface area contributed by atoms with E-state index in [0.29, 0.717) is 49.8 Å². The molecule has 3 aromatic carbocycles. The van der Waals surface area contributed by atoms with Crippen LogP contribution in [0.3, 0.4) is 0 Å². The number of ether oxygens (including phenoxy) is 1. The van der Waals surface area contributed by atoms with Crippen LogP contribution in [0.1, 0.15) is 36.1 Å². The Morgan fingerprint density at radius 3 is 2.19 bits per heavy atom. The highest BCUT2D eigenvalue weighted by atomic mass is 32.2. The first-order valence-electron chi connectivity index (χ1n) is 12.3. The molecule has 1 saturated heterocycles. The molecule has 0 saturated carbocycles. The molecular weight excluding hydrogens is 482 g/mol. The van der Waals surface area contributed by atoms with Gasteiger partial charge in [-0.25, -0.2) is 17.2 Å². The van der Waals surface area contributed by atoms with Gasteiger partial charge in [0.25, 0.3) is 0 Å². The van der Waals surface area contributed by atoms with Gasteiger partial charge in [-0.15, -0.1) is 0 Å².